The fraction of sp³-hybridized carbons (Fsp3) is 0.533. The number of hydrogen-bond acceptors (Lipinski definition) is 3. The molecule has 104 valence electrons. The van der Waals surface area contributed by atoms with E-state index in [0.717, 1.165) is 27.9 Å². The Morgan fingerprint density at radius 1 is 1.37 bits per heavy atom. The van der Waals surface area contributed by atoms with Crippen LogP contribution in [-0.4, -0.2) is 18.2 Å². The summed E-state index contributed by atoms with van der Waals surface area (Å²) < 4.78 is 5.40. The van der Waals surface area contributed by atoms with E-state index in [1.165, 1.54) is 32.1 Å². The number of nitrogen functional groups attached to an aromatic ring is 1. The van der Waals surface area contributed by atoms with E-state index in [2.05, 4.69) is 0 Å². The summed E-state index contributed by atoms with van der Waals surface area (Å²) in [6.07, 6.45) is 6.78. The minimum Gasteiger partial charge on any atom is -0.496 e. The van der Waals surface area contributed by atoms with E-state index in [-0.39, 0.29) is 5.84 Å². The molecule has 3 N–H and O–H groups in total. The predicted octanol–water partition coefficient (Wildman–Crippen LogP) is 3.55. The first kappa shape index (κ1) is 14.3. The van der Waals surface area contributed by atoms with E-state index >= 15 is 0 Å². The standard InChI is InChI=1S/C15H22N2OS/c1-18-14-8-7-11(15(16)17)9-12(14)10-19-13-5-3-2-4-6-13/h7-9,13H,2-6,10H2,1H3,(H3,16,17). The Bertz CT molecular complexity index is 442. The lowest BCUT2D eigenvalue weighted by Crippen LogP contribution is -2.12. The minimum absolute atomic E-state index is 0.117. The van der Waals surface area contributed by atoms with Crippen LogP contribution in [0.5, 0.6) is 5.75 Å². The number of amidine groups is 1. The Hall–Kier alpha value is -1.16. The number of ether oxygens (including phenoxy) is 1. The minimum atomic E-state index is 0.117. The van der Waals surface area contributed by atoms with Crippen molar-refractivity contribution in [2.75, 3.05) is 7.11 Å². The molecule has 19 heavy (non-hydrogen) atoms. The maximum Gasteiger partial charge on any atom is 0.122 e. The molecule has 1 aromatic carbocycles. The van der Waals surface area contributed by atoms with Crippen molar-refractivity contribution in [3.8, 4) is 5.75 Å². The van der Waals surface area contributed by atoms with E-state index < -0.39 is 0 Å². The van der Waals surface area contributed by atoms with Crippen LogP contribution in [0.1, 0.15) is 43.2 Å². The number of benzene rings is 1. The molecule has 0 atom stereocenters. The average molecular weight is 278 g/mol. The zero-order valence-corrected chi connectivity index (χ0v) is 12.3. The lowest BCUT2D eigenvalue weighted by atomic mass is 10.0. The molecule has 1 aliphatic rings. The van der Waals surface area contributed by atoms with E-state index in [1.807, 2.05) is 30.0 Å². The summed E-state index contributed by atoms with van der Waals surface area (Å²) in [5, 5.41) is 8.29. The largest absolute Gasteiger partial charge is 0.496 e. The van der Waals surface area contributed by atoms with E-state index in [4.69, 9.17) is 15.9 Å². The molecule has 0 bridgehead atoms. The van der Waals surface area contributed by atoms with Gasteiger partial charge in [0.05, 0.1) is 7.11 Å². The number of thioether (sulfide) groups is 1. The second kappa shape index (κ2) is 6.85. The Balaban J connectivity index is 2.04. The van der Waals surface area contributed by atoms with Crippen molar-refractivity contribution in [2.45, 2.75) is 43.1 Å². The molecule has 0 heterocycles. The highest BCUT2D eigenvalue weighted by Crippen LogP contribution is 2.33. The van der Waals surface area contributed by atoms with Crippen molar-refractivity contribution in [1.29, 1.82) is 5.41 Å². The van der Waals surface area contributed by atoms with Gasteiger partial charge in [0.2, 0.25) is 0 Å². The van der Waals surface area contributed by atoms with Crippen LogP contribution in [0.2, 0.25) is 0 Å². The average Bonchev–Trinajstić information content (AvgIpc) is 2.45. The van der Waals surface area contributed by atoms with Gasteiger partial charge < -0.3 is 10.5 Å². The maximum atomic E-state index is 7.52. The fourth-order valence-electron chi connectivity index (χ4n) is 2.50. The Labute approximate surface area is 119 Å². The zero-order valence-electron chi connectivity index (χ0n) is 11.4. The monoisotopic (exact) mass is 278 g/mol. The number of hydrogen-bond donors (Lipinski definition) is 2. The van der Waals surface area contributed by atoms with Gasteiger partial charge in [0.1, 0.15) is 11.6 Å². The van der Waals surface area contributed by atoms with E-state index in [1.54, 1.807) is 7.11 Å². The molecule has 0 spiro atoms. The van der Waals surface area contributed by atoms with Crippen LogP contribution in [0.25, 0.3) is 0 Å². The van der Waals surface area contributed by atoms with Gasteiger partial charge in [-0.1, -0.05) is 19.3 Å². The summed E-state index contributed by atoms with van der Waals surface area (Å²) in [7, 11) is 1.69. The van der Waals surface area contributed by atoms with Crippen LogP contribution in [0, 0.1) is 5.41 Å². The van der Waals surface area contributed by atoms with E-state index in [9.17, 15) is 0 Å². The summed E-state index contributed by atoms with van der Waals surface area (Å²) >= 11 is 2.01. The highest BCUT2D eigenvalue weighted by Gasteiger charge is 2.15. The lowest BCUT2D eigenvalue weighted by Gasteiger charge is -2.21. The Morgan fingerprint density at radius 2 is 2.11 bits per heavy atom. The van der Waals surface area contributed by atoms with Crippen molar-refractivity contribution in [3.63, 3.8) is 0 Å². The molecule has 1 fully saturated rings. The van der Waals surface area contributed by atoms with Crippen molar-refractivity contribution in [1.82, 2.24) is 0 Å². The van der Waals surface area contributed by atoms with Crippen LogP contribution in [0.15, 0.2) is 18.2 Å². The van der Waals surface area contributed by atoms with Crippen LogP contribution < -0.4 is 10.5 Å². The van der Waals surface area contributed by atoms with Gasteiger partial charge in [0, 0.05) is 22.1 Å². The molecule has 1 aromatic rings. The quantitative estimate of drug-likeness (QED) is 0.639. The number of methoxy groups -OCH3 is 1. The lowest BCUT2D eigenvalue weighted by molar-refractivity contribution is 0.411. The smallest absolute Gasteiger partial charge is 0.122 e. The third-order valence-electron chi connectivity index (χ3n) is 3.62. The fourth-order valence-corrected chi connectivity index (χ4v) is 3.81. The molecule has 0 amide bonds. The van der Waals surface area contributed by atoms with Crippen LogP contribution in [0.4, 0.5) is 0 Å². The van der Waals surface area contributed by atoms with Gasteiger partial charge in [-0.3, -0.25) is 5.41 Å². The van der Waals surface area contributed by atoms with Crippen molar-refractivity contribution in [3.05, 3.63) is 29.3 Å². The van der Waals surface area contributed by atoms with Gasteiger partial charge in [-0.15, -0.1) is 0 Å². The molecule has 4 heteroatoms. The third-order valence-corrected chi connectivity index (χ3v) is 5.04. The summed E-state index contributed by atoms with van der Waals surface area (Å²) in [6.45, 7) is 0. The molecule has 0 saturated heterocycles. The predicted molar refractivity (Wildman–Crippen MR) is 82.2 cm³/mol. The van der Waals surface area contributed by atoms with Gasteiger partial charge in [0.15, 0.2) is 0 Å². The highest BCUT2D eigenvalue weighted by molar-refractivity contribution is 7.99. The van der Waals surface area contributed by atoms with Gasteiger partial charge in [-0.2, -0.15) is 11.8 Å². The molecule has 1 aliphatic carbocycles. The molecule has 3 nitrogen and oxygen atoms in total. The SMILES string of the molecule is COc1ccc(C(=N)N)cc1CSC1CCCCC1. The second-order valence-electron chi connectivity index (χ2n) is 5.01. The van der Waals surface area contributed by atoms with Crippen molar-refractivity contribution >= 4 is 17.6 Å². The normalized spacial score (nSPS) is 16.3. The Kier molecular flexibility index (Phi) is 5.14. The maximum absolute atomic E-state index is 7.52. The van der Waals surface area contributed by atoms with Gasteiger partial charge in [-0.05, 0) is 31.0 Å². The zero-order chi connectivity index (χ0) is 13.7. The molecular weight excluding hydrogens is 256 g/mol. The topological polar surface area (TPSA) is 59.1 Å². The summed E-state index contributed by atoms with van der Waals surface area (Å²) in [5.41, 5.74) is 7.47. The first-order valence-corrected chi connectivity index (χ1v) is 7.88. The van der Waals surface area contributed by atoms with Gasteiger partial charge in [0.25, 0.3) is 0 Å². The van der Waals surface area contributed by atoms with Crippen molar-refractivity contribution < 1.29 is 4.74 Å². The Morgan fingerprint density at radius 3 is 2.74 bits per heavy atom. The molecule has 0 radical (unpaired) electrons. The van der Waals surface area contributed by atoms with Crippen LogP contribution in [-0.2, 0) is 5.75 Å². The van der Waals surface area contributed by atoms with E-state index in [0.29, 0.717) is 0 Å². The summed E-state index contributed by atoms with van der Waals surface area (Å²) in [4.78, 5) is 0. The molecular formula is C15H22N2OS. The second-order valence-corrected chi connectivity index (χ2v) is 6.30. The molecule has 2 rings (SSSR count). The molecule has 0 aromatic heterocycles. The highest BCUT2D eigenvalue weighted by atomic mass is 32.2. The van der Waals surface area contributed by atoms with Crippen LogP contribution in [0.3, 0.4) is 0 Å². The first-order chi connectivity index (χ1) is 9.20. The molecule has 0 unspecified atom stereocenters. The molecule has 0 aliphatic heterocycles. The number of rotatable bonds is 5. The first-order valence-electron chi connectivity index (χ1n) is 6.83. The van der Waals surface area contributed by atoms with Gasteiger partial charge >= 0.3 is 0 Å². The van der Waals surface area contributed by atoms with Crippen molar-refractivity contribution in [2.24, 2.45) is 5.73 Å². The summed E-state index contributed by atoms with van der Waals surface area (Å²) in [6, 6.07) is 5.74. The number of nitrogens with one attached hydrogen (secondary N) is 1. The number of nitrogens with two attached hydrogens (primary N) is 1. The molecule has 1 saturated carbocycles. The van der Waals surface area contributed by atoms with Crippen LogP contribution >= 0.6 is 11.8 Å². The van der Waals surface area contributed by atoms with Gasteiger partial charge in [-0.25, -0.2) is 0 Å². The third kappa shape index (κ3) is 3.90. The summed E-state index contributed by atoms with van der Waals surface area (Å²) in [5.74, 6) is 1.95.